The highest BCUT2D eigenvalue weighted by Crippen LogP contribution is 2.51. The number of fused-ring (bicyclic) bond motifs is 3. The summed E-state index contributed by atoms with van der Waals surface area (Å²) < 4.78 is 1.03. The number of halogens is 1. The maximum Gasteiger partial charge on any atom is 0.292 e. The van der Waals surface area contributed by atoms with Crippen LogP contribution in [-0.2, 0) is 0 Å². The number of nitrogens with zero attached hydrogens (tertiary/aromatic N) is 1. The molecule has 23 heavy (non-hydrogen) atoms. The molecular weight excluding hydrogens is 356 g/mol. The maximum absolute atomic E-state index is 11.4. The molecule has 1 aliphatic carbocycles. The third kappa shape index (κ3) is 2.36. The fourth-order valence-electron chi connectivity index (χ4n) is 3.76. The summed E-state index contributed by atoms with van der Waals surface area (Å²) in [6, 6.07) is 13.6. The highest BCUT2D eigenvalue weighted by Gasteiger charge is 2.40. The number of nitrogens with one attached hydrogen (secondary N) is 1. The number of nitro benzene ring substituents is 1. The van der Waals surface area contributed by atoms with E-state index in [0.29, 0.717) is 11.6 Å². The minimum atomic E-state index is -0.302. The Morgan fingerprint density at radius 2 is 1.96 bits per heavy atom. The highest BCUT2D eigenvalue weighted by molar-refractivity contribution is 9.10. The van der Waals surface area contributed by atoms with Crippen LogP contribution in [-0.4, -0.2) is 4.92 Å². The molecule has 2 aromatic rings. The van der Waals surface area contributed by atoms with Crippen LogP contribution in [0.5, 0.6) is 0 Å². The van der Waals surface area contributed by atoms with Crippen molar-refractivity contribution in [2.24, 2.45) is 5.92 Å². The molecule has 0 fully saturated rings. The maximum atomic E-state index is 11.4. The molecule has 0 unspecified atom stereocenters. The van der Waals surface area contributed by atoms with E-state index in [-0.39, 0.29) is 22.6 Å². The van der Waals surface area contributed by atoms with E-state index in [1.165, 1.54) is 0 Å². The first-order valence-corrected chi connectivity index (χ1v) is 8.40. The second kappa shape index (κ2) is 5.49. The van der Waals surface area contributed by atoms with E-state index in [1.807, 2.05) is 18.2 Å². The average Bonchev–Trinajstić information content (AvgIpc) is 3.04. The van der Waals surface area contributed by atoms with Crippen LogP contribution in [0.4, 0.5) is 11.4 Å². The number of rotatable bonds is 2. The lowest BCUT2D eigenvalue weighted by Crippen LogP contribution is -2.29. The van der Waals surface area contributed by atoms with Gasteiger partial charge in [0.2, 0.25) is 0 Å². The van der Waals surface area contributed by atoms with Gasteiger partial charge in [-0.1, -0.05) is 52.3 Å². The first-order valence-electron chi connectivity index (χ1n) is 7.61. The van der Waals surface area contributed by atoms with Gasteiger partial charge in [0.1, 0.15) is 5.69 Å². The first-order chi connectivity index (χ1) is 11.1. The molecule has 0 bridgehead atoms. The van der Waals surface area contributed by atoms with E-state index < -0.39 is 0 Å². The third-order valence-corrected chi connectivity index (χ3v) is 5.33. The second-order valence-electron chi connectivity index (χ2n) is 6.03. The average molecular weight is 371 g/mol. The van der Waals surface area contributed by atoms with Crippen molar-refractivity contribution in [1.29, 1.82) is 0 Å². The number of para-hydroxylation sites is 1. The molecule has 0 saturated carbocycles. The molecule has 4 rings (SSSR count). The van der Waals surface area contributed by atoms with Crippen molar-refractivity contribution < 1.29 is 4.92 Å². The van der Waals surface area contributed by atoms with E-state index in [1.54, 1.807) is 12.1 Å². The van der Waals surface area contributed by atoms with Crippen LogP contribution in [0.3, 0.4) is 0 Å². The SMILES string of the molecule is O=[N+]([O-])c1cccc2c1N[C@H](c1ccc(Br)cc1)[C@H]1CC=C[C@@H]21. The van der Waals surface area contributed by atoms with Crippen molar-refractivity contribution in [2.75, 3.05) is 5.32 Å². The molecule has 4 nitrogen and oxygen atoms in total. The monoisotopic (exact) mass is 370 g/mol. The molecule has 0 amide bonds. The van der Waals surface area contributed by atoms with E-state index in [9.17, 15) is 10.1 Å². The number of nitro groups is 1. The fourth-order valence-corrected chi connectivity index (χ4v) is 4.02. The highest BCUT2D eigenvalue weighted by atomic mass is 79.9. The van der Waals surface area contributed by atoms with Gasteiger partial charge in [0.05, 0.1) is 11.0 Å². The van der Waals surface area contributed by atoms with Gasteiger partial charge in [-0.05, 0) is 35.6 Å². The summed E-state index contributed by atoms with van der Waals surface area (Å²) in [6.45, 7) is 0. The van der Waals surface area contributed by atoms with Crippen molar-refractivity contribution >= 4 is 27.3 Å². The molecule has 3 atom stereocenters. The predicted molar refractivity (Wildman–Crippen MR) is 93.6 cm³/mol. The zero-order valence-corrected chi connectivity index (χ0v) is 13.9. The van der Waals surface area contributed by atoms with Gasteiger partial charge >= 0.3 is 0 Å². The Kier molecular flexibility index (Phi) is 3.45. The Morgan fingerprint density at radius 1 is 1.17 bits per heavy atom. The zero-order valence-electron chi connectivity index (χ0n) is 12.3. The normalized spacial score (nSPS) is 24.7. The molecule has 1 aliphatic heterocycles. The fraction of sp³-hybridized carbons (Fsp3) is 0.222. The molecule has 0 radical (unpaired) electrons. The van der Waals surface area contributed by atoms with Gasteiger partial charge in [0, 0.05) is 16.5 Å². The summed E-state index contributed by atoms with van der Waals surface area (Å²) >= 11 is 3.46. The van der Waals surface area contributed by atoms with Gasteiger partial charge in [0.25, 0.3) is 5.69 Å². The Bertz CT molecular complexity index is 801. The molecular formula is C18H15BrN2O2. The molecule has 1 N–H and O–H groups in total. The lowest BCUT2D eigenvalue weighted by atomic mass is 9.77. The van der Waals surface area contributed by atoms with Crippen LogP contribution >= 0.6 is 15.9 Å². The van der Waals surface area contributed by atoms with Gasteiger partial charge in [-0.25, -0.2) is 0 Å². The van der Waals surface area contributed by atoms with Crippen LogP contribution in [0.15, 0.2) is 59.1 Å². The minimum absolute atomic E-state index is 0.0803. The predicted octanol–water partition coefficient (Wildman–Crippen LogP) is 5.18. The topological polar surface area (TPSA) is 55.2 Å². The standard InChI is InChI=1S/C18H15BrN2O2/c19-12-9-7-11(8-10-12)17-14-4-1-3-13(14)15-5-2-6-16(21(22)23)18(15)20-17/h1-3,5-10,13-14,17,20H,4H2/t13-,14+,17-/m1/s1. The van der Waals surface area contributed by atoms with Crippen molar-refractivity contribution in [1.82, 2.24) is 0 Å². The minimum Gasteiger partial charge on any atom is -0.372 e. The van der Waals surface area contributed by atoms with Crippen molar-refractivity contribution in [3.8, 4) is 0 Å². The van der Waals surface area contributed by atoms with Crippen molar-refractivity contribution in [2.45, 2.75) is 18.4 Å². The molecule has 2 aliphatic rings. The number of hydrogen-bond donors (Lipinski definition) is 1. The first kappa shape index (κ1) is 14.5. The van der Waals surface area contributed by atoms with E-state index in [4.69, 9.17) is 0 Å². The van der Waals surface area contributed by atoms with Crippen LogP contribution in [0, 0.1) is 16.0 Å². The van der Waals surface area contributed by atoms with Crippen LogP contribution in [0.25, 0.3) is 0 Å². The van der Waals surface area contributed by atoms with E-state index >= 15 is 0 Å². The van der Waals surface area contributed by atoms with E-state index in [0.717, 1.165) is 22.0 Å². The zero-order chi connectivity index (χ0) is 16.0. The van der Waals surface area contributed by atoms with Gasteiger partial charge in [-0.2, -0.15) is 0 Å². The van der Waals surface area contributed by atoms with Crippen LogP contribution in [0.2, 0.25) is 0 Å². The lowest BCUT2D eigenvalue weighted by molar-refractivity contribution is -0.384. The Balaban J connectivity index is 1.83. The summed E-state index contributed by atoms with van der Waals surface area (Å²) in [5.41, 5.74) is 3.02. The summed E-state index contributed by atoms with van der Waals surface area (Å²) in [7, 11) is 0. The summed E-state index contributed by atoms with van der Waals surface area (Å²) in [6.07, 6.45) is 5.37. The van der Waals surface area contributed by atoms with Crippen LogP contribution < -0.4 is 5.32 Å². The van der Waals surface area contributed by atoms with Crippen molar-refractivity contribution in [3.63, 3.8) is 0 Å². The Labute approximate surface area is 142 Å². The Morgan fingerprint density at radius 3 is 2.70 bits per heavy atom. The molecule has 116 valence electrons. The van der Waals surface area contributed by atoms with Gasteiger partial charge in [0.15, 0.2) is 0 Å². The summed E-state index contributed by atoms with van der Waals surface area (Å²) in [4.78, 5) is 11.1. The molecule has 1 heterocycles. The number of allylic oxidation sites excluding steroid dienone is 2. The molecule has 2 aromatic carbocycles. The number of hydrogen-bond acceptors (Lipinski definition) is 3. The molecule has 0 spiro atoms. The molecule has 0 saturated heterocycles. The smallest absolute Gasteiger partial charge is 0.292 e. The van der Waals surface area contributed by atoms with Crippen LogP contribution in [0.1, 0.15) is 29.5 Å². The summed E-state index contributed by atoms with van der Waals surface area (Å²) in [5.74, 6) is 0.630. The van der Waals surface area contributed by atoms with Gasteiger partial charge in [-0.15, -0.1) is 0 Å². The third-order valence-electron chi connectivity index (χ3n) is 4.80. The lowest BCUT2D eigenvalue weighted by Gasteiger charge is -2.37. The van der Waals surface area contributed by atoms with Crippen molar-refractivity contribution in [3.05, 3.63) is 80.3 Å². The summed E-state index contributed by atoms with van der Waals surface area (Å²) in [5, 5.41) is 14.9. The number of anilines is 1. The van der Waals surface area contributed by atoms with E-state index in [2.05, 4.69) is 45.5 Å². The largest absolute Gasteiger partial charge is 0.372 e. The van der Waals surface area contributed by atoms with Gasteiger partial charge in [-0.3, -0.25) is 10.1 Å². The molecule has 5 heteroatoms. The molecule has 0 aromatic heterocycles. The quantitative estimate of drug-likeness (QED) is 0.449. The second-order valence-corrected chi connectivity index (χ2v) is 6.94. The van der Waals surface area contributed by atoms with Gasteiger partial charge < -0.3 is 5.32 Å². The Hall–Kier alpha value is -2.14. The number of benzene rings is 2.